The Morgan fingerprint density at radius 2 is 1.93 bits per heavy atom. The fraction of sp³-hybridized carbons (Fsp3) is 0.211. The molecule has 0 aliphatic carbocycles. The minimum Gasteiger partial charge on any atom is -0.325 e. The molecule has 2 N–H and O–H groups in total. The Kier molecular flexibility index (Phi) is 5.23. The van der Waals surface area contributed by atoms with Crippen LogP contribution in [0.3, 0.4) is 0 Å². The maximum Gasteiger partial charge on any atom is 0.240 e. The van der Waals surface area contributed by atoms with Crippen molar-refractivity contribution >= 4 is 35.0 Å². The fourth-order valence-corrected chi connectivity index (χ4v) is 4.22. The Morgan fingerprint density at radius 3 is 2.61 bits per heavy atom. The number of aryl methyl sites for hydroxylation is 1. The summed E-state index contributed by atoms with van der Waals surface area (Å²) in [6, 6.07) is 12.7. The number of nitrogens with one attached hydrogen (secondary N) is 2. The number of hydrogen-bond acceptors (Lipinski definition) is 5. The molecule has 4 rings (SSSR count). The van der Waals surface area contributed by atoms with Gasteiger partial charge in [0.1, 0.15) is 11.1 Å². The van der Waals surface area contributed by atoms with Crippen LogP contribution in [-0.2, 0) is 11.2 Å². The highest BCUT2D eigenvalue weighted by atomic mass is 35.5. The molecule has 2 heterocycles. The number of thioether (sulfide) groups is 1. The fourth-order valence-electron chi connectivity index (χ4n) is 2.99. The molecule has 0 radical (unpaired) electrons. The van der Waals surface area contributed by atoms with E-state index in [9.17, 15) is 9.18 Å². The molecule has 2 unspecified atom stereocenters. The number of hydrogen-bond donors (Lipinski definition) is 2. The van der Waals surface area contributed by atoms with E-state index in [1.165, 1.54) is 36.0 Å². The number of nitrogens with zero attached hydrogens (tertiary/aromatic N) is 3. The van der Waals surface area contributed by atoms with Crippen molar-refractivity contribution in [3.8, 4) is 0 Å². The van der Waals surface area contributed by atoms with Gasteiger partial charge in [0.15, 0.2) is 5.82 Å². The molecule has 0 spiro atoms. The summed E-state index contributed by atoms with van der Waals surface area (Å²) in [6.07, 6.45) is 0.709. The molecule has 1 aliphatic rings. The van der Waals surface area contributed by atoms with Gasteiger partial charge in [-0.05, 0) is 42.0 Å². The normalized spacial score (nSPS) is 18.2. The molecule has 9 heteroatoms. The average Bonchev–Trinajstić information content (AvgIpc) is 3.11. The molecule has 0 fully saturated rings. The van der Waals surface area contributed by atoms with E-state index in [1.807, 2.05) is 23.7 Å². The average molecular weight is 418 g/mol. The van der Waals surface area contributed by atoms with Gasteiger partial charge in [0, 0.05) is 17.1 Å². The summed E-state index contributed by atoms with van der Waals surface area (Å²) in [5, 5.41) is 12.0. The maximum absolute atomic E-state index is 13.1. The highest BCUT2D eigenvalue weighted by molar-refractivity contribution is 8.00. The SMILES string of the molecule is CCc1nnc2n1NC(c1ccc(Cl)cc1)C(C(=O)Nc1ccc(F)cc1)S2. The molecule has 0 saturated heterocycles. The van der Waals surface area contributed by atoms with Crippen LogP contribution < -0.4 is 10.7 Å². The Balaban J connectivity index is 1.66. The van der Waals surface area contributed by atoms with Crippen LogP contribution in [0, 0.1) is 5.82 Å². The summed E-state index contributed by atoms with van der Waals surface area (Å²) >= 11 is 7.36. The van der Waals surface area contributed by atoms with Gasteiger partial charge in [-0.3, -0.25) is 4.79 Å². The molecule has 1 aromatic heterocycles. The summed E-state index contributed by atoms with van der Waals surface area (Å²) in [6.45, 7) is 1.99. The van der Waals surface area contributed by atoms with Crippen LogP contribution in [0.15, 0.2) is 53.7 Å². The summed E-state index contributed by atoms with van der Waals surface area (Å²) in [7, 11) is 0. The van der Waals surface area contributed by atoms with Gasteiger partial charge in [-0.2, -0.15) is 0 Å². The van der Waals surface area contributed by atoms with Crippen molar-refractivity contribution in [3.63, 3.8) is 0 Å². The molecule has 0 bridgehead atoms. The zero-order valence-electron chi connectivity index (χ0n) is 14.9. The lowest BCUT2D eigenvalue weighted by molar-refractivity contribution is -0.116. The quantitative estimate of drug-likeness (QED) is 0.670. The number of carbonyl (C=O) groups excluding carboxylic acids is 1. The van der Waals surface area contributed by atoms with E-state index in [2.05, 4.69) is 20.9 Å². The van der Waals surface area contributed by atoms with Gasteiger partial charge in [-0.25, -0.2) is 9.07 Å². The van der Waals surface area contributed by atoms with Crippen LogP contribution in [0.1, 0.15) is 24.4 Å². The van der Waals surface area contributed by atoms with E-state index >= 15 is 0 Å². The van der Waals surface area contributed by atoms with Gasteiger partial charge in [0.05, 0.1) is 6.04 Å². The lowest BCUT2D eigenvalue weighted by Gasteiger charge is -2.33. The van der Waals surface area contributed by atoms with Crippen molar-refractivity contribution in [2.75, 3.05) is 10.7 Å². The topological polar surface area (TPSA) is 71.8 Å². The smallest absolute Gasteiger partial charge is 0.240 e. The number of amides is 1. The van der Waals surface area contributed by atoms with E-state index in [-0.39, 0.29) is 17.8 Å². The van der Waals surface area contributed by atoms with Gasteiger partial charge in [-0.15, -0.1) is 10.2 Å². The van der Waals surface area contributed by atoms with Crippen LogP contribution in [0.2, 0.25) is 5.02 Å². The number of aromatic nitrogens is 3. The standard InChI is InChI=1S/C19H17ClFN5OS/c1-2-15-23-24-19-26(15)25-16(11-3-5-12(20)6-4-11)17(28-19)18(27)22-14-9-7-13(21)8-10-14/h3-10,16-17,25H,2H2,1H3,(H,22,27). The number of halogens is 2. The van der Waals surface area contributed by atoms with Crippen molar-refractivity contribution in [1.82, 2.24) is 14.9 Å². The van der Waals surface area contributed by atoms with Gasteiger partial charge in [0.25, 0.3) is 0 Å². The lowest BCUT2D eigenvalue weighted by atomic mass is 10.0. The van der Waals surface area contributed by atoms with E-state index in [4.69, 9.17) is 11.6 Å². The summed E-state index contributed by atoms with van der Waals surface area (Å²) < 4.78 is 15.0. The Morgan fingerprint density at radius 1 is 1.21 bits per heavy atom. The Bertz CT molecular complexity index is 993. The van der Waals surface area contributed by atoms with Crippen LogP contribution >= 0.6 is 23.4 Å². The summed E-state index contributed by atoms with van der Waals surface area (Å²) in [5.74, 6) is 0.223. The highest BCUT2D eigenvalue weighted by Crippen LogP contribution is 2.37. The molecule has 0 saturated carbocycles. The first kappa shape index (κ1) is 18.8. The predicted molar refractivity (Wildman–Crippen MR) is 108 cm³/mol. The van der Waals surface area contributed by atoms with Crippen LogP contribution in [0.25, 0.3) is 0 Å². The summed E-state index contributed by atoms with van der Waals surface area (Å²) in [5.41, 5.74) is 4.81. The Hall–Kier alpha value is -2.58. The van der Waals surface area contributed by atoms with Gasteiger partial charge in [0.2, 0.25) is 11.1 Å². The number of fused-ring (bicyclic) bond motifs is 1. The van der Waals surface area contributed by atoms with E-state index in [0.717, 1.165) is 11.4 Å². The zero-order chi connectivity index (χ0) is 19.7. The van der Waals surface area contributed by atoms with Crippen molar-refractivity contribution < 1.29 is 9.18 Å². The molecule has 1 aliphatic heterocycles. The van der Waals surface area contributed by atoms with Crippen LogP contribution in [-0.4, -0.2) is 26.0 Å². The molecular formula is C19H17ClFN5OS. The third-order valence-corrected chi connectivity index (χ3v) is 5.89. The predicted octanol–water partition coefficient (Wildman–Crippen LogP) is 4.03. The van der Waals surface area contributed by atoms with Gasteiger partial charge in [-0.1, -0.05) is 42.4 Å². The van der Waals surface area contributed by atoms with Crippen molar-refractivity contribution in [2.24, 2.45) is 0 Å². The molecule has 2 atom stereocenters. The maximum atomic E-state index is 13.1. The van der Waals surface area contributed by atoms with Crippen LogP contribution in [0.4, 0.5) is 10.1 Å². The zero-order valence-corrected chi connectivity index (χ0v) is 16.5. The Labute approximate surface area is 170 Å². The third-order valence-electron chi connectivity index (χ3n) is 4.42. The van der Waals surface area contributed by atoms with Crippen molar-refractivity contribution in [3.05, 3.63) is 70.8 Å². The molecule has 6 nitrogen and oxygen atoms in total. The number of carbonyl (C=O) groups is 1. The minimum atomic E-state index is -0.507. The molecule has 3 aromatic rings. The first-order chi connectivity index (χ1) is 13.5. The van der Waals surface area contributed by atoms with Crippen molar-refractivity contribution in [1.29, 1.82) is 0 Å². The van der Waals surface area contributed by atoms with Crippen molar-refractivity contribution in [2.45, 2.75) is 29.8 Å². The summed E-state index contributed by atoms with van der Waals surface area (Å²) in [4.78, 5) is 13.0. The molecule has 1 amide bonds. The second kappa shape index (κ2) is 7.81. The molecule has 144 valence electrons. The largest absolute Gasteiger partial charge is 0.325 e. The number of benzene rings is 2. The molecule has 2 aromatic carbocycles. The van der Waals surface area contributed by atoms with E-state index < -0.39 is 5.25 Å². The van der Waals surface area contributed by atoms with E-state index in [1.54, 1.807) is 12.1 Å². The molecule has 28 heavy (non-hydrogen) atoms. The number of anilines is 1. The first-order valence-corrected chi connectivity index (χ1v) is 10.0. The van der Waals surface area contributed by atoms with Gasteiger partial charge >= 0.3 is 0 Å². The minimum absolute atomic E-state index is 0.212. The first-order valence-electron chi connectivity index (χ1n) is 8.74. The lowest BCUT2D eigenvalue weighted by Crippen LogP contribution is -2.41. The monoisotopic (exact) mass is 417 g/mol. The number of rotatable bonds is 4. The van der Waals surface area contributed by atoms with Crippen LogP contribution in [0.5, 0.6) is 0 Å². The third kappa shape index (κ3) is 3.70. The second-order valence-corrected chi connectivity index (χ2v) is 7.83. The highest BCUT2D eigenvalue weighted by Gasteiger charge is 2.37. The molecular weight excluding hydrogens is 401 g/mol. The van der Waals surface area contributed by atoms with Gasteiger partial charge < -0.3 is 10.7 Å². The van der Waals surface area contributed by atoms with E-state index in [0.29, 0.717) is 22.3 Å². The second-order valence-electron chi connectivity index (χ2n) is 6.28.